The summed E-state index contributed by atoms with van der Waals surface area (Å²) in [7, 11) is 1.62. The molecule has 0 saturated carbocycles. The summed E-state index contributed by atoms with van der Waals surface area (Å²) in [5.74, 6) is 0.436. The molecule has 108 valence electrons. The highest BCUT2D eigenvalue weighted by atomic mass is 16.6. The molecule has 1 aromatic rings. The molecule has 2 atom stereocenters. The molecule has 2 unspecified atom stereocenters. The fraction of sp³-hybridized carbons (Fsp3) is 0.462. The summed E-state index contributed by atoms with van der Waals surface area (Å²) in [6, 6.07) is 6.35. The number of nitrogens with one attached hydrogen (secondary N) is 1. The Morgan fingerprint density at radius 1 is 1.40 bits per heavy atom. The first-order valence-electron chi connectivity index (χ1n) is 6.17. The van der Waals surface area contributed by atoms with Gasteiger partial charge in [0.2, 0.25) is 0 Å². The second-order valence-electron chi connectivity index (χ2n) is 4.35. The lowest BCUT2D eigenvalue weighted by Crippen LogP contribution is -2.40. The van der Waals surface area contributed by atoms with Gasteiger partial charge in [-0.1, -0.05) is 24.2 Å². The molecule has 1 aromatic carbocycles. The maximum Gasteiger partial charge on any atom is 0.412 e. The molecular weight excluding hydrogens is 260 g/mol. The Morgan fingerprint density at radius 2 is 2.05 bits per heavy atom. The topological polar surface area (TPSA) is 96.3 Å². The Hall–Kier alpha value is -2.24. The molecule has 0 heterocycles. The number of ether oxygens (including phenoxy) is 2. The van der Waals surface area contributed by atoms with Gasteiger partial charge in [0.1, 0.15) is 5.75 Å². The number of hydrogen-bond acceptors (Lipinski definition) is 4. The number of nitrogens with zero attached hydrogens (tertiary/aromatic N) is 3. The lowest BCUT2D eigenvalue weighted by atomic mass is 10.2. The van der Waals surface area contributed by atoms with Gasteiger partial charge in [0.25, 0.3) is 0 Å². The molecule has 0 aliphatic rings. The molecule has 0 aliphatic carbocycles. The Balaban J connectivity index is 2.51. The minimum Gasteiger partial charge on any atom is -0.410 e. The summed E-state index contributed by atoms with van der Waals surface area (Å²) < 4.78 is 10.1. The van der Waals surface area contributed by atoms with Gasteiger partial charge in [-0.25, -0.2) is 4.79 Å². The monoisotopic (exact) mass is 278 g/mol. The van der Waals surface area contributed by atoms with Gasteiger partial charge in [-0.2, -0.15) is 0 Å². The summed E-state index contributed by atoms with van der Waals surface area (Å²) in [4.78, 5) is 14.3. The van der Waals surface area contributed by atoms with Crippen molar-refractivity contribution in [1.29, 1.82) is 0 Å². The normalized spacial score (nSPS) is 12.9. The van der Waals surface area contributed by atoms with E-state index in [0.29, 0.717) is 12.4 Å². The van der Waals surface area contributed by atoms with Crippen LogP contribution in [0.3, 0.4) is 0 Å². The number of carbonyl (C=O) groups excluding carboxylic acids is 1. The highest BCUT2D eigenvalue weighted by Gasteiger charge is 2.14. The molecule has 0 spiro atoms. The molecule has 0 radical (unpaired) electrons. The number of amides is 1. The average molecular weight is 278 g/mol. The highest BCUT2D eigenvalue weighted by Crippen LogP contribution is 2.13. The van der Waals surface area contributed by atoms with E-state index in [1.807, 2.05) is 12.1 Å². The molecule has 1 amide bonds. The first kappa shape index (κ1) is 15.8. The van der Waals surface area contributed by atoms with E-state index in [1.54, 1.807) is 33.1 Å². The van der Waals surface area contributed by atoms with Crippen LogP contribution in [0.1, 0.15) is 19.4 Å². The molecule has 1 N–H and O–H groups in total. The van der Waals surface area contributed by atoms with E-state index in [4.69, 9.17) is 15.0 Å². The van der Waals surface area contributed by atoms with Crippen LogP contribution in [-0.2, 0) is 11.3 Å². The van der Waals surface area contributed by atoms with Crippen molar-refractivity contribution in [2.75, 3.05) is 7.11 Å². The number of rotatable bonds is 6. The SMILES string of the molecule is COCc1ccc(OC(=O)NC(C)C(C)N=[N+]=[N-])cc1. The van der Waals surface area contributed by atoms with Crippen molar-refractivity contribution >= 4 is 6.09 Å². The lowest BCUT2D eigenvalue weighted by molar-refractivity contribution is 0.184. The zero-order chi connectivity index (χ0) is 15.0. The number of methoxy groups -OCH3 is 1. The molecular formula is C13H18N4O3. The van der Waals surface area contributed by atoms with Crippen molar-refractivity contribution in [2.24, 2.45) is 5.11 Å². The number of benzene rings is 1. The van der Waals surface area contributed by atoms with Gasteiger partial charge >= 0.3 is 6.09 Å². The molecule has 0 bridgehead atoms. The van der Waals surface area contributed by atoms with Crippen LogP contribution in [0.4, 0.5) is 4.79 Å². The van der Waals surface area contributed by atoms with Crippen LogP contribution in [-0.4, -0.2) is 25.3 Å². The minimum absolute atomic E-state index is 0.314. The van der Waals surface area contributed by atoms with Crippen LogP contribution in [0.2, 0.25) is 0 Å². The maximum atomic E-state index is 11.6. The second kappa shape index (κ2) is 8.04. The molecule has 0 aromatic heterocycles. The molecule has 20 heavy (non-hydrogen) atoms. The predicted molar refractivity (Wildman–Crippen MR) is 74.4 cm³/mol. The van der Waals surface area contributed by atoms with Crippen LogP contribution >= 0.6 is 0 Å². The minimum atomic E-state index is -0.586. The van der Waals surface area contributed by atoms with E-state index in [9.17, 15) is 4.79 Å². The third-order valence-electron chi connectivity index (χ3n) is 2.75. The van der Waals surface area contributed by atoms with Crippen molar-refractivity contribution < 1.29 is 14.3 Å². The average Bonchev–Trinajstić information content (AvgIpc) is 2.41. The summed E-state index contributed by atoms with van der Waals surface area (Å²) in [5, 5.41) is 6.12. The summed E-state index contributed by atoms with van der Waals surface area (Å²) in [6.45, 7) is 3.96. The van der Waals surface area contributed by atoms with Gasteiger partial charge in [0.05, 0.1) is 12.6 Å². The Bertz CT molecular complexity index is 483. The van der Waals surface area contributed by atoms with Crippen molar-refractivity contribution in [1.82, 2.24) is 5.32 Å². The molecule has 0 saturated heterocycles. The van der Waals surface area contributed by atoms with E-state index in [2.05, 4.69) is 15.3 Å². The zero-order valence-corrected chi connectivity index (χ0v) is 11.7. The van der Waals surface area contributed by atoms with Gasteiger partial charge in [-0.05, 0) is 30.2 Å². The quantitative estimate of drug-likeness (QED) is 0.492. The van der Waals surface area contributed by atoms with Crippen molar-refractivity contribution in [3.63, 3.8) is 0 Å². The molecule has 1 rings (SSSR count). The number of hydrogen-bond donors (Lipinski definition) is 1. The smallest absolute Gasteiger partial charge is 0.410 e. The van der Waals surface area contributed by atoms with E-state index >= 15 is 0 Å². The third kappa shape index (κ3) is 5.17. The standard InChI is InChI=1S/C13H18N4O3/c1-9(10(2)16-17-14)15-13(18)20-12-6-4-11(5-7-12)8-19-3/h4-7,9-10H,8H2,1-3H3,(H,15,18). The van der Waals surface area contributed by atoms with Crippen molar-refractivity contribution in [2.45, 2.75) is 32.5 Å². The fourth-order valence-electron chi connectivity index (χ4n) is 1.44. The van der Waals surface area contributed by atoms with Crippen LogP contribution in [0.5, 0.6) is 5.75 Å². The highest BCUT2D eigenvalue weighted by molar-refractivity contribution is 5.70. The van der Waals surface area contributed by atoms with E-state index in [-0.39, 0.29) is 12.1 Å². The Kier molecular flexibility index (Phi) is 6.36. The van der Waals surface area contributed by atoms with Crippen molar-refractivity contribution in [3.8, 4) is 5.75 Å². The maximum absolute atomic E-state index is 11.6. The molecule has 7 heteroatoms. The van der Waals surface area contributed by atoms with E-state index in [0.717, 1.165) is 5.56 Å². The van der Waals surface area contributed by atoms with Crippen LogP contribution in [0.25, 0.3) is 10.4 Å². The Labute approximate surface area is 117 Å². The first-order chi connectivity index (χ1) is 9.56. The van der Waals surface area contributed by atoms with Crippen LogP contribution in [0, 0.1) is 0 Å². The van der Waals surface area contributed by atoms with Gasteiger partial charge in [0.15, 0.2) is 0 Å². The van der Waals surface area contributed by atoms with Gasteiger partial charge in [0, 0.05) is 18.1 Å². The largest absolute Gasteiger partial charge is 0.412 e. The second-order valence-corrected chi connectivity index (χ2v) is 4.35. The lowest BCUT2D eigenvalue weighted by Gasteiger charge is -2.16. The molecule has 0 fully saturated rings. The Morgan fingerprint density at radius 3 is 2.60 bits per heavy atom. The van der Waals surface area contributed by atoms with Crippen molar-refractivity contribution in [3.05, 3.63) is 40.3 Å². The number of carbonyl (C=O) groups is 1. The summed E-state index contributed by atoms with van der Waals surface area (Å²) in [5.41, 5.74) is 9.32. The predicted octanol–water partition coefficient (Wildman–Crippen LogP) is 3.01. The van der Waals surface area contributed by atoms with Gasteiger partial charge in [-0.15, -0.1) is 0 Å². The van der Waals surface area contributed by atoms with Crippen LogP contribution < -0.4 is 10.1 Å². The fourth-order valence-corrected chi connectivity index (χ4v) is 1.44. The van der Waals surface area contributed by atoms with Gasteiger partial charge in [-0.3, -0.25) is 0 Å². The summed E-state index contributed by atoms with van der Waals surface area (Å²) >= 11 is 0. The molecule has 7 nitrogen and oxygen atoms in total. The third-order valence-corrected chi connectivity index (χ3v) is 2.75. The van der Waals surface area contributed by atoms with E-state index < -0.39 is 6.09 Å². The first-order valence-corrected chi connectivity index (χ1v) is 6.17. The van der Waals surface area contributed by atoms with E-state index in [1.165, 1.54) is 0 Å². The molecule has 0 aliphatic heterocycles. The summed E-state index contributed by atoms with van der Waals surface area (Å²) in [6.07, 6.45) is -0.586. The number of azide groups is 1. The van der Waals surface area contributed by atoms with Gasteiger partial charge < -0.3 is 14.8 Å². The van der Waals surface area contributed by atoms with Crippen LogP contribution in [0.15, 0.2) is 29.4 Å². The zero-order valence-electron chi connectivity index (χ0n) is 11.7.